The summed E-state index contributed by atoms with van der Waals surface area (Å²) < 4.78 is 6.66. The van der Waals surface area contributed by atoms with Gasteiger partial charge in [-0.25, -0.2) is 4.79 Å². The molecule has 1 aromatic heterocycles. The molecule has 0 saturated heterocycles. The van der Waals surface area contributed by atoms with Crippen molar-refractivity contribution in [2.45, 2.75) is 37.9 Å². The number of aryl methyl sites for hydroxylation is 1. The summed E-state index contributed by atoms with van der Waals surface area (Å²) in [5, 5.41) is 13.6. The summed E-state index contributed by atoms with van der Waals surface area (Å²) in [5.74, 6) is 0.280. The van der Waals surface area contributed by atoms with E-state index in [1.54, 1.807) is 37.3 Å². The minimum Gasteiger partial charge on any atom is -0.462 e. The fraction of sp³-hybridized carbons (Fsp3) is 0.667. The molecule has 0 spiro atoms. The largest absolute Gasteiger partial charge is 0.462 e. The molecule has 5 nitrogen and oxygen atoms in total. The Hall–Kier alpha value is -1.01. The number of esters is 1. The fourth-order valence-electron chi connectivity index (χ4n) is 1.36. The zero-order valence-corrected chi connectivity index (χ0v) is 12.0. The number of carbonyl (C=O) groups excluding carboxylic acids is 1. The van der Waals surface area contributed by atoms with E-state index in [9.17, 15) is 9.90 Å². The molecule has 1 heterocycles. The van der Waals surface area contributed by atoms with Crippen molar-refractivity contribution in [3.63, 3.8) is 0 Å². The van der Waals surface area contributed by atoms with Crippen molar-refractivity contribution in [3.05, 3.63) is 17.5 Å². The average Bonchev–Trinajstić information content (AvgIpc) is 2.67. The van der Waals surface area contributed by atoms with E-state index in [1.165, 1.54) is 6.20 Å². The van der Waals surface area contributed by atoms with E-state index >= 15 is 0 Å². The number of rotatable bonds is 6. The lowest BCUT2D eigenvalue weighted by atomic mass is 10.3. The summed E-state index contributed by atoms with van der Waals surface area (Å²) in [5.41, 5.74) is 1.33. The van der Waals surface area contributed by atoms with Crippen LogP contribution in [0, 0.1) is 0 Å². The fourth-order valence-corrected chi connectivity index (χ4v) is 2.40. The molecular weight excluding hydrogens is 252 g/mol. The maximum absolute atomic E-state index is 11.7. The predicted molar refractivity (Wildman–Crippen MR) is 71.6 cm³/mol. The monoisotopic (exact) mass is 272 g/mol. The molecule has 0 fully saturated rings. The number of aliphatic hydroxyl groups is 1. The van der Waals surface area contributed by atoms with Crippen LogP contribution in [0.5, 0.6) is 0 Å². The normalized spacial score (nSPS) is 14.3. The van der Waals surface area contributed by atoms with Gasteiger partial charge < -0.3 is 9.84 Å². The summed E-state index contributed by atoms with van der Waals surface area (Å²) in [4.78, 5) is 11.7. The van der Waals surface area contributed by atoms with E-state index in [0.29, 0.717) is 17.9 Å². The van der Waals surface area contributed by atoms with Crippen molar-refractivity contribution in [1.29, 1.82) is 0 Å². The Morgan fingerprint density at radius 2 is 2.28 bits per heavy atom. The summed E-state index contributed by atoms with van der Waals surface area (Å²) in [6.07, 6.45) is 1.15. The molecule has 2 atom stereocenters. The molecule has 0 radical (unpaired) electrons. The first kappa shape index (κ1) is 15.0. The SMILES string of the molecule is CCOC(=O)c1cnn(C)c1CSC(C)C(C)O. The standard InChI is InChI=1S/C12H20N2O3S/c1-5-17-12(16)10-6-13-14(4)11(10)7-18-9(3)8(2)15/h6,8-9,15H,5,7H2,1-4H3. The van der Waals surface area contributed by atoms with Crippen LogP contribution in [0.4, 0.5) is 0 Å². The van der Waals surface area contributed by atoms with Crippen LogP contribution in [-0.4, -0.2) is 38.8 Å². The Balaban J connectivity index is 2.75. The van der Waals surface area contributed by atoms with Gasteiger partial charge in [0.25, 0.3) is 0 Å². The van der Waals surface area contributed by atoms with Gasteiger partial charge in [-0.2, -0.15) is 5.10 Å². The van der Waals surface area contributed by atoms with E-state index in [-0.39, 0.29) is 17.3 Å². The highest BCUT2D eigenvalue weighted by Crippen LogP contribution is 2.22. The Labute approximate surface area is 112 Å². The van der Waals surface area contributed by atoms with Gasteiger partial charge in [0.15, 0.2) is 0 Å². The number of thioether (sulfide) groups is 1. The van der Waals surface area contributed by atoms with Crippen LogP contribution in [0.3, 0.4) is 0 Å². The highest BCUT2D eigenvalue weighted by atomic mass is 32.2. The van der Waals surface area contributed by atoms with Gasteiger partial charge in [0.2, 0.25) is 0 Å². The number of aromatic nitrogens is 2. The minimum absolute atomic E-state index is 0.106. The van der Waals surface area contributed by atoms with Gasteiger partial charge >= 0.3 is 5.97 Å². The van der Waals surface area contributed by atoms with Gasteiger partial charge in [0.05, 0.1) is 24.6 Å². The lowest BCUT2D eigenvalue weighted by molar-refractivity contribution is 0.0525. The molecule has 0 amide bonds. The lowest BCUT2D eigenvalue weighted by Gasteiger charge is -2.14. The third kappa shape index (κ3) is 3.74. The van der Waals surface area contributed by atoms with Gasteiger partial charge in [-0.3, -0.25) is 4.68 Å². The smallest absolute Gasteiger partial charge is 0.341 e. The van der Waals surface area contributed by atoms with Crippen LogP contribution in [0.2, 0.25) is 0 Å². The second-order valence-corrected chi connectivity index (χ2v) is 5.47. The molecule has 0 bridgehead atoms. The van der Waals surface area contributed by atoms with Crippen molar-refractivity contribution >= 4 is 17.7 Å². The van der Waals surface area contributed by atoms with Crippen molar-refractivity contribution in [3.8, 4) is 0 Å². The first-order valence-corrected chi connectivity index (χ1v) is 6.99. The van der Waals surface area contributed by atoms with Crippen molar-refractivity contribution in [2.75, 3.05) is 6.61 Å². The molecule has 18 heavy (non-hydrogen) atoms. The highest BCUT2D eigenvalue weighted by Gasteiger charge is 2.18. The third-order valence-electron chi connectivity index (χ3n) is 2.72. The number of hydrogen-bond acceptors (Lipinski definition) is 5. The predicted octanol–water partition coefficient (Wildman–Crippen LogP) is 1.60. The van der Waals surface area contributed by atoms with Gasteiger partial charge in [0, 0.05) is 18.1 Å². The van der Waals surface area contributed by atoms with Crippen LogP contribution in [0.15, 0.2) is 6.20 Å². The van der Waals surface area contributed by atoms with Crippen LogP contribution in [0.25, 0.3) is 0 Å². The summed E-state index contributed by atoms with van der Waals surface area (Å²) in [6, 6.07) is 0. The van der Waals surface area contributed by atoms with E-state index in [2.05, 4.69) is 5.10 Å². The number of carbonyl (C=O) groups is 1. The lowest BCUT2D eigenvalue weighted by Crippen LogP contribution is -2.16. The Morgan fingerprint density at radius 3 is 2.83 bits per heavy atom. The second-order valence-electron chi connectivity index (χ2n) is 4.11. The quantitative estimate of drug-likeness (QED) is 0.797. The Morgan fingerprint density at radius 1 is 1.61 bits per heavy atom. The second kappa shape index (κ2) is 6.80. The van der Waals surface area contributed by atoms with Crippen LogP contribution >= 0.6 is 11.8 Å². The molecule has 6 heteroatoms. The molecule has 0 saturated carbocycles. The van der Waals surface area contributed by atoms with E-state index < -0.39 is 0 Å². The van der Waals surface area contributed by atoms with Crippen LogP contribution in [0.1, 0.15) is 36.8 Å². The van der Waals surface area contributed by atoms with Crippen LogP contribution in [-0.2, 0) is 17.5 Å². The number of ether oxygens (including phenoxy) is 1. The Bertz CT molecular complexity index is 404. The topological polar surface area (TPSA) is 64.3 Å². The highest BCUT2D eigenvalue weighted by molar-refractivity contribution is 7.99. The average molecular weight is 272 g/mol. The molecule has 0 aliphatic heterocycles. The van der Waals surface area contributed by atoms with Gasteiger partial charge in [-0.1, -0.05) is 6.92 Å². The van der Waals surface area contributed by atoms with E-state index in [0.717, 1.165) is 5.69 Å². The minimum atomic E-state index is -0.380. The van der Waals surface area contributed by atoms with Crippen molar-refractivity contribution < 1.29 is 14.6 Å². The molecule has 0 aliphatic rings. The van der Waals surface area contributed by atoms with Gasteiger partial charge in [0.1, 0.15) is 5.56 Å². The maximum Gasteiger partial charge on any atom is 0.341 e. The molecule has 1 aromatic rings. The first-order chi connectivity index (χ1) is 8.47. The molecule has 0 aliphatic carbocycles. The third-order valence-corrected chi connectivity index (χ3v) is 4.08. The van der Waals surface area contributed by atoms with E-state index in [1.807, 2.05) is 6.92 Å². The number of hydrogen-bond donors (Lipinski definition) is 1. The summed E-state index contributed by atoms with van der Waals surface area (Å²) >= 11 is 1.59. The van der Waals surface area contributed by atoms with Gasteiger partial charge in [-0.05, 0) is 13.8 Å². The molecular formula is C12H20N2O3S. The zero-order chi connectivity index (χ0) is 13.7. The van der Waals surface area contributed by atoms with E-state index in [4.69, 9.17) is 4.74 Å². The maximum atomic E-state index is 11.7. The Kier molecular flexibility index (Phi) is 5.68. The molecule has 1 N–H and O–H groups in total. The first-order valence-electron chi connectivity index (χ1n) is 5.95. The zero-order valence-electron chi connectivity index (χ0n) is 11.2. The van der Waals surface area contributed by atoms with Gasteiger partial charge in [-0.15, -0.1) is 11.8 Å². The van der Waals surface area contributed by atoms with Crippen molar-refractivity contribution in [2.24, 2.45) is 7.05 Å². The molecule has 1 rings (SSSR count). The summed E-state index contributed by atoms with van der Waals surface area (Å²) in [7, 11) is 1.80. The number of aliphatic hydroxyl groups excluding tert-OH is 1. The molecule has 102 valence electrons. The molecule has 2 unspecified atom stereocenters. The number of nitrogens with zero attached hydrogens (tertiary/aromatic N) is 2. The summed E-state index contributed by atoms with van der Waals surface area (Å²) in [6.45, 7) is 5.84. The van der Waals surface area contributed by atoms with Crippen molar-refractivity contribution in [1.82, 2.24) is 9.78 Å². The van der Waals surface area contributed by atoms with Crippen LogP contribution < -0.4 is 0 Å². The molecule has 0 aromatic carbocycles.